The minimum Gasteiger partial charge on any atom is -0.322 e. The molecular weight excluding hydrogens is 346 g/mol. The monoisotopic (exact) mass is 367 g/mol. The number of amides is 2. The summed E-state index contributed by atoms with van der Waals surface area (Å²) in [5, 5.41) is 6.30. The lowest BCUT2D eigenvalue weighted by Crippen LogP contribution is -2.11. The summed E-state index contributed by atoms with van der Waals surface area (Å²) >= 11 is 1.40. The number of aromatic nitrogens is 1. The van der Waals surface area contributed by atoms with E-state index in [4.69, 9.17) is 0 Å². The van der Waals surface area contributed by atoms with E-state index < -0.39 is 0 Å². The zero-order chi connectivity index (χ0) is 18.5. The number of hydrogen-bond acceptors (Lipinski definition) is 4. The number of fused-ring (bicyclic) bond motifs is 1. The van der Waals surface area contributed by atoms with Gasteiger partial charge in [0.2, 0.25) is 5.91 Å². The maximum Gasteiger partial charge on any atom is 0.255 e. The fourth-order valence-electron chi connectivity index (χ4n) is 2.56. The third kappa shape index (κ3) is 4.26. The van der Waals surface area contributed by atoms with E-state index in [-0.39, 0.29) is 11.8 Å². The topological polar surface area (TPSA) is 71.1 Å². The minimum absolute atomic E-state index is 0.0318. The van der Waals surface area contributed by atoms with Crippen molar-refractivity contribution < 1.29 is 9.59 Å². The molecule has 1 heterocycles. The molecule has 3 aromatic rings. The Hall–Kier alpha value is -2.73. The molecule has 5 nitrogen and oxygen atoms in total. The van der Waals surface area contributed by atoms with Crippen LogP contribution in [-0.2, 0) is 11.2 Å². The van der Waals surface area contributed by atoms with Crippen molar-refractivity contribution in [3.63, 3.8) is 0 Å². The van der Waals surface area contributed by atoms with E-state index in [0.717, 1.165) is 23.1 Å². The Bertz CT molecular complexity index is 932. The molecule has 0 fully saturated rings. The van der Waals surface area contributed by atoms with Gasteiger partial charge in [0.15, 0.2) is 5.13 Å². The SMILES string of the molecule is CCCC(=O)Nc1nc2ccc(NC(=O)c3ccc(CC)cc3)cc2s1. The van der Waals surface area contributed by atoms with Crippen molar-refractivity contribution in [1.29, 1.82) is 0 Å². The van der Waals surface area contributed by atoms with Gasteiger partial charge in [0.25, 0.3) is 5.91 Å². The van der Waals surface area contributed by atoms with E-state index in [2.05, 4.69) is 22.5 Å². The van der Waals surface area contributed by atoms with E-state index >= 15 is 0 Å². The van der Waals surface area contributed by atoms with Crippen LogP contribution in [0.1, 0.15) is 42.6 Å². The van der Waals surface area contributed by atoms with Crippen molar-refractivity contribution in [2.75, 3.05) is 10.6 Å². The van der Waals surface area contributed by atoms with Crippen molar-refractivity contribution in [2.45, 2.75) is 33.1 Å². The van der Waals surface area contributed by atoms with Gasteiger partial charge < -0.3 is 10.6 Å². The molecule has 0 unspecified atom stereocenters. The first-order valence-corrected chi connectivity index (χ1v) is 9.51. The summed E-state index contributed by atoms with van der Waals surface area (Å²) in [6.07, 6.45) is 2.22. The quantitative estimate of drug-likeness (QED) is 0.654. The third-order valence-corrected chi connectivity index (χ3v) is 4.93. The molecule has 0 radical (unpaired) electrons. The van der Waals surface area contributed by atoms with Crippen molar-refractivity contribution >= 4 is 44.2 Å². The Kier molecular flexibility index (Phi) is 5.63. The maximum atomic E-state index is 12.4. The highest BCUT2D eigenvalue weighted by molar-refractivity contribution is 7.22. The van der Waals surface area contributed by atoms with Crippen molar-refractivity contribution in [2.24, 2.45) is 0 Å². The van der Waals surface area contributed by atoms with Gasteiger partial charge in [-0.25, -0.2) is 4.98 Å². The van der Waals surface area contributed by atoms with Gasteiger partial charge in [-0.1, -0.05) is 37.3 Å². The second kappa shape index (κ2) is 8.10. The first-order chi connectivity index (χ1) is 12.6. The molecule has 2 amide bonds. The Balaban J connectivity index is 1.73. The van der Waals surface area contributed by atoms with E-state index in [0.29, 0.717) is 22.8 Å². The number of benzene rings is 2. The standard InChI is InChI=1S/C20H21N3O2S/c1-3-5-18(24)23-20-22-16-11-10-15(12-17(16)26-20)21-19(25)14-8-6-13(4-2)7-9-14/h6-12H,3-5H2,1-2H3,(H,21,25)(H,22,23,24). The molecule has 0 bridgehead atoms. The third-order valence-electron chi connectivity index (χ3n) is 3.99. The van der Waals surface area contributed by atoms with Gasteiger partial charge in [0.05, 0.1) is 10.2 Å². The van der Waals surface area contributed by atoms with Crippen molar-refractivity contribution in [1.82, 2.24) is 4.98 Å². The van der Waals surface area contributed by atoms with Crippen LogP contribution in [0.5, 0.6) is 0 Å². The first kappa shape index (κ1) is 18.1. The molecule has 134 valence electrons. The normalized spacial score (nSPS) is 10.7. The highest BCUT2D eigenvalue weighted by Crippen LogP contribution is 2.28. The lowest BCUT2D eigenvalue weighted by atomic mass is 10.1. The molecular formula is C20H21N3O2S. The summed E-state index contributed by atoms with van der Waals surface area (Å²) < 4.78 is 0.913. The lowest BCUT2D eigenvalue weighted by Gasteiger charge is -2.06. The summed E-state index contributed by atoms with van der Waals surface area (Å²) in [6, 6.07) is 13.1. The number of carbonyl (C=O) groups excluding carboxylic acids is 2. The number of hydrogen-bond donors (Lipinski definition) is 2. The number of nitrogens with zero attached hydrogens (tertiary/aromatic N) is 1. The summed E-state index contributed by atoms with van der Waals surface area (Å²) in [4.78, 5) is 28.5. The van der Waals surface area contributed by atoms with Crippen LogP contribution < -0.4 is 10.6 Å². The Morgan fingerprint density at radius 2 is 1.81 bits per heavy atom. The van der Waals surface area contributed by atoms with Crippen LogP contribution in [-0.4, -0.2) is 16.8 Å². The van der Waals surface area contributed by atoms with Crippen LogP contribution in [0.2, 0.25) is 0 Å². The van der Waals surface area contributed by atoms with Crippen LogP contribution >= 0.6 is 11.3 Å². The number of carbonyl (C=O) groups is 2. The molecule has 0 aliphatic carbocycles. The number of anilines is 2. The van der Waals surface area contributed by atoms with Crippen molar-refractivity contribution in [3.8, 4) is 0 Å². The minimum atomic E-state index is -0.145. The van der Waals surface area contributed by atoms with E-state index in [9.17, 15) is 9.59 Å². The maximum absolute atomic E-state index is 12.4. The molecule has 1 aromatic heterocycles. The predicted octanol–water partition coefficient (Wildman–Crippen LogP) is 4.85. The molecule has 0 saturated carbocycles. The second-order valence-corrected chi connectivity index (χ2v) is 7.03. The molecule has 0 spiro atoms. The predicted molar refractivity (Wildman–Crippen MR) is 107 cm³/mol. The lowest BCUT2D eigenvalue weighted by molar-refractivity contribution is -0.116. The zero-order valence-corrected chi connectivity index (χ0v) is 15.7. The average molecular weight is 367 g/mol. The number of nitrogens with one attached hydrogen (secondary N) is 2. The molecule has 6 heteroatoms. The Morgan fingerprint density at radius 1 is 1.04 bits per heavy atom. The molecule has 26 heavy (non-hydrogen) atoms. The van der Waals surface area contributed by atoms with Gasteiger partial charge in [-0.05, 0) is 48.7 Å². The first-order valence-electron chi connectivity index (χ1n) is 8.69. The van der Waals surface area contributed by atoms with E-state index in [1.165, 1.54) is 16.9 Å². The van der Waals surface area contributed by atoms with Gasteiger partial charge >= 0.3 is 0 Å². The van der Waals surface area contributed by atoms with Gasteiger partial charge in [-0.2, -0.15) is 0 Å². The van der Waals surface area contributed by atoms with Crippen LogP contribution in [0.3, 0.4) is 0 Å². The van der Waals surface area contributed by atoms with Gasteiger partial charge in [0, 0.05) is 17.7 Å². The smallest absolute Gasteiger partial charge is 0.255 e. The highest BCUT2D eigenvalue weighted by atomic mass is 32.1. The highest BCUT2D eigenvalue weighted by Gasteiger charge is 2.10. The summed E-state index contributed by atoms with van der Waals surface area (Å²) in [5.41, 5.74) is 3.33. The average Bonchev–Trinajstić information content (AvgIpc) is 3.03. The summed E-state index contributed by atoms with van der Waals surface area (Å²) in [6.45, 7) is 4.04. The van der Waals surface area contributed by atoms with E-state index in [1.54, 1.807) is 0 Å². The molecule has 3 rings (SSSR count). The van der Waals surface area contributed by atoms with Gasteiger partial charge in [0.1, 0.15) is 0 Å². The Labute approximate surface area is 156 Å². The van der Waals surface area contributed by atoms with Gasteiger partial charge in [-0.15, -0.1) is 0 Å². The van der Waals surface area contributed by atoms with Gasteiger partial charge in [-0.3, -0.25) is 9.59 Å². The van der Waals surface area contributed by atoms with Crippen molar-refractivity contribution in [3.05, 3.63) is 53.6 Å². The molecule has 2 N–H and O–H groups in total. The second-order valence-electron chi connectivity index (χ2n) is 6.00. The number of aryl methyl sites for hydroxylation is 1. The van der Waals surface area contributed by atoms with Crippen LogP contribution in [0.4, 0.5) is 10.8 Å². The van der Waals surface area contributed by atoms with E-state index in [1.807, 2.05) is 49.4 Å². The molecule has 0 saturated heterocycles. The number of thiazole rings is 1. The van der Waals surface area contributed by atoms with Crippen LogP contribution in [0, 0.1) is 0 Å². The fraction of sp³-hybridized carbons (Fsp3) is 0.250. The molecule has 0 atom stereocenters. The Morgan fingerprint density at radius 3 is 2.50 bits per heavy atom. The van der Waals surface area contributed by atoms with Crippen LogP contribution in [0.15, 0.2) is 42.5 Å². The summed E-state index contributed by atoms with van der Waals surface area (Å²) in [7, 11) is 0. The zero-order valence-electron chi connectivity index (χ0n) is 14.8. The largest absolute Gasteiger partial charge is 0.322 e. The number of rotatable bonds is 6. The molecule has 0 aliphatic rings. The van der Waals surface area contributed by atoms with Crippen LogP contribution in [0.25, 0.3) is 10.2 Å². The molecule has 0 aliphatic heterocycles. The molecule has 2 aromatic carbocycles. The summed E-state index contributed by atoms with van der Waals surface area (Å²) in [5.74, 6) is -0.177. The fourth-order valence-corrected chi connectivity index (χ4v) is 3.48.